The number of amides is 2. The van der Waals surface area contributed by atoms with Crippen molar-refractivity contribution in [1.29, 1.82) is 0 Å². The molecule has 1 aliphatic rings. The van der Waals surface area contributed by atoms with Crippen LogP contribution < -0.4 is 10.6 Å². The van der Waals surface area contributed by atoms with Crippen molar-refractivity contribution in [3.63, 3.8) is 0 Å². The van der Waals surface area contributed by atoms with Crippen molar-refractivity contribution >= 4 is 17.8 Å². The Morgan fingerprint density at radius 3 is 2.54 bits per heavy atom. The number of furan rings is 1. The molecule has 1 aromatic heterocycles. The second kappa shape index (κ2) is 7.51. The summed E-state index contributed by atoms with van der Waals surface area (Å²) in [6, 6.07) is 0.651. The molecule has 0 aliphatic heterocycles. The lowest BCUT2D eigenvalue weighted by atomic mass is 9.75. The van der Waals surface area contributed by atoms with Gasteiger partial charge in [0.1, 0.15) is 17.8 Å². The lowest BCUT2D eigenvalue weighted by Crippen LogP contribution is -2.60. The molecule has 1 unspecified atom stereocenters. The van der Waals surface area contributed by atoms with Crippen LogP contribution in [-0.4, -0.2) is 34.5 Å². The molecule has 3 N–H and O–H groups in total. The van der Waals surface area contributed by atoms with Crippen molar-refractivity contribution in [3.05, 3.63) is 24.2 Å². The summed E-state index contributed by atoms with van der Waals surface area (Å²) < 4.78 is 4.83. The van der Waals surface area contributed by atoms with E-state index in [4.69, 9.17) is 4.42 Å². The SMILES string of the molecule is CCC1CCC(NC(=O)C(C)NC(=O)c2ccoc2)(C(=O)O)CC1. The van der Waals surface area contributed by atoms with Crippen LogP contribution in [-0.2, 0) is 9.59 Å². The Kier molecular flexibility index (Phi) is 5.64. The first-order chi connectivity index (χ1) is 11.4. The first-order valence-corrected chi connectivity index (χ1v) is 8.26. The third-order valence-corrected chi connectivity index (χ3v) is 4.83. The third-order valence-electron chi connectivity index (χ3n) is 4.83. The van der Waals surface area contributed by atoms with Gasteiger partial charge in [-0.3, -0.25) is 9.59 Å². The quantitative estimate of drug-likeness (QED) is 0.735. The van der Waals surface area contributed by atoms with Crippen molar-refractivity contribution in [1.82, 2.24) is 10.6 Å². The average molecular weight is 336 g/mol. The predicted molar refractivity (Wildman–Crippen MR) is 86.4 cm³/mol. The molecule has 7 nitrogen and oxygen atoms in total. The average Bonchev–Trinajstić information content (AvgIpc) is 3.09. The number of aliphatic carboxylic acids is 1. The molecule has 1 saturated carbocycles. The largest absolute Gasteiger partial charge is 0.480 e. The highest BCUT2D eigenvalue weighted by molar-refractivity contribution is 5.98. The van der Waals surface area contributed by atoms with Gasteiger partial charge in [0.2, 0.25) is 5.91 Å². The van der Waals surface area contributed by atoms with Crippen LogP contribution in [0.5, 0.6) is 0 Å². The summed E-state index contributed by atoms with van der Waals surface area (Å²) in [6.45, 7) is 3.62. The molecule has 2 amide bonds. The Hall–Kier alpha value is -2.31. The van der Waals surface area contributed by atoms with E-state index in [9.17, 15) is 19.5 Å². The molecule has 0 aromatic carbocycles. The molecule has 1 aliphatic carbocycles. The molecule has 0 saturated heterocycles. The fourth-order valence-corrected chi connectivity index (χ4v) is 3.05. The lowest BCUT2D eigenvalue weighted by molar-refractivity contribution is -0.150. The summed E-state index contributed by atoms with van der Waals surface area (Å²) in [6.07, 6.45) is 6.04. The van der Waals surface area contributed by atoms with Crippen LogP contribution in [0.15, 0.2) is 23.0 Å². The minimum Gasteiger partial charge on any atom is -0.480 e. The molecule has 0 radical (unpaired) electrons. The fraction of sp³-hybridized carbons (Fsp3) is 0.588. The van der Waals surface area contributed by atoms with Crippen LogP contribution in [0.4, 0.5) is 0 Å². The first-order valence-electron chi connectivity index (χ1n) is 8.26. The fourth-order valence-electron chi connectivity index (χ4n) is 3.05. The molecule has 24 heavy (non-hydrogen) atoms. The van der Waals surface area contributed by atoms with Crippen LogP contribution in [0.25, 0.3) is 0 Å². The van der Waals surface area contributed by atoms with E-state index in [0.29, 0.717) is 24.3 Å². The van der Waals surface area contributed by atoms with Crippen molar-refractivity contribution in [2.75, 3.05) is 0 Å². The first kappa shape index (κ1) is 18.0. The molecule has 1 aromatic rings. The van der Waals surface area contributed by atoms with Gasteiger partial charge in [-0.1, -0.05) is 13.3 Å². The topological polar surface area (TPSA) is 109 Å². The number of carbonyl (C=O) groups is 3. The van der Waals surface area contributed by atoms with Gasteiger partial charge in [0, 0.05) is 0 Å². The van der Waals surface area contributed by atoms with Crippen molar-refractivity contribution < 1.29 is 23.9 Å². The Morgan fingerprint density at radius 1 is 1.38 bits per heavy atom. The van der Waals surface area contributed by atoms with Crippen molar-refractivity contribution in [2.24, 2.45) is 5.92 Å². The molecular weight excluding hydrogens is 312 g/mol. The van der Waals surface area contributed by atoms with Crippen LogP contribution >= 0.6 is 0 Å². The number of nitrogens with one attached hydrogen (secondary N) is 2. The van der Waals surface area contributed by atoms with E-state index in [1.165, 1.54) is 25.5 Å². The van der Waals surface area contributed by atoms with Crippen LogP contribution in [0, 0.1) is 5.92 Å². The lowest BCUT2D eigenvalue weighted by Gasteiger charge is -2.37. The van der Waals surface area contributed by atoms with E-state index >= 15 is 0 Å². The zero-order chi connectivity index (χ0) is 17.7. The Bertz CT molecular complexity index is 588. The number of rotatable bonds is 6. The number of hydrogen-bond acceptors (Lipinski definition) is 4. The Morgan fingerprint density at radius 2 is 2.04 bits per heavy atom. The Balaban J connectivity index is 1.97. The molecule has 1 atom stereocenters. The van der Waals surface area contributed by atoms with Crippen molar-refractivity contribution in [3.8, 4) is 0 Å². The van der Waals surface area contributed by atoms with Gasteiger partial charge in [0.15, 0.2) is 0 Å². The number of carboxylic acids is 1. The summed E-state index contributed by atoms with van der Waals surface area (Å²) >= 11 is 0. The predicted octanol–water partition coefficient (Wildman–Crippen LogP) is 1.94. The summed E-state index contributed by atoms with van der Waals surface area (Å²) in [5.41, 5.74) is -0.928. The smallest absolute Gasteiger partial charge is 0.329 e. The molecule has 0 spiro atoms. The van der Waals surface area contributed by atoms with E-state index in [-0.39, 0.29) is 0 Å². The van der Waals surface area contributed by atoms with E-state index in [0.717, 1.165) is 19.3 Å². The molecule has 2 rings (SSSR count). The summed E-state index contributed by atoms with van der Waals surface area (Å²) in [4.78, 5) is 36.0. The maximum absolute atomic E-state index is 12.4. The van der Waals surface area contributed by atoms with E-state index < -0.39 is 29.4 Å². The number of carboxylic acid groups (broad SMARTS) is 1. The number of hydrogen-bond donors (Lipinski definition) is 3. The van der Waals surface area contributed by atoms with Crippen LogP contribution in [0.3, 0.4) is 0 Å². The summed E-state index contributed by atoms with van der Waals surface area (Å²) in [5, 5.41) is 14.8. The van der Waals surface area contributed by atoms with Gasteiger partial charge in [-0.2, -0.15) is 0 Å². The molecular formula is C17H24N2O5. The molecule has 1 heterocycles. The molecule has 0 bridgehead atoms. The third kappa shape index (κ3) is 3.96. The van der Waals surface area contributed by atoms with Gasteiger partial charge in [-0.25, -0.2) is 4.79 Å². The minimum absolute atomic E-state index is 0.311. The maximum Gasteiger partial charge on any atom is 0.329 e. The second-order valence-electron chi connectivity index (χ2n) is 6.44. The normalized spacial score (nSPS) is 24.8. The van der Waals surface area contributed by atoms with Crippen LogP contribution in [0.1, 0.15) is 56.3 Å². The van der Waals surface area contributed by atoms with E-state index in [1.54, 1.807) is 0 Å². The highest BCUT2D eigenvalue weighted by Gasteiger charge is 2.43. The highest BCUT2D eigenvalue weighted by atomic mass is 16.4. The monoisotopic (exact) mass is 336 g/mol. The molecule has 1 fully saturated rings. The molecule has 132 valence electrons. The molecule has 7 heteroatoms. The van der Waals surface area contributed by atoms with Crippen LogP contribution in [0.2, 0.25) is 0 Å². The zero-order valence-corrected chi connectivity index (χ0v) is 14.0. The van der Waals surface area contributed by atoms with Crippen molar-refractivity contribution in [2.45, 2.75) is 57.5 Å². The summed E-state index contributed by atoms with van der Waals surface area (Å²) in [7, 11) is 0. The maximum atomic E-state index is 12.4. The number of carbonyl (C=O) groups excluding carboxylic acids is 2. The Labute approximate surface area is 140 Å². The van der Waals surface area contributed by atoms with Gasteiger partial charge in [-0.15, -0.1) is 0 Å². The van der Waals surface area contributed by atoms with Gasteiger partial charge < -0.3 is 20.2 Å². The van der Waals surface area contributed by atoms with Gasteiger partial charge >= 0.3 is 5.97 Å². The zero-order valence-electron chi connectivity index (χ0n) is 14.0. The van der Waals surface area contributed by atoms with Gasteiger partial charge in [-0.05, 0) is 44.6 Å². The minimum atomic E-state index is -1.24. The van der Waals surface area contributed by atoms with E-state index in [1.807, 2.05) is 0 Å². The summed E-state index contributed by atoms with van der Waals surface area (Å²) in [5.74, 6) is -1.44. The second-order valence-corrected chi connectivity index (χ2v) is 6.44. The highest BCUT2D eigenvalue weighted by Crippen LogP contribution is 2.34. The van der Waals surface area contributed by atoms with Gasteiger partial charge in [0.05, 0.1) is 11.8 Å². The van der Waals surface area contributed by atoms with E-state index in [2.05, 4.69) is 17.6 Å². The van der Waals surface area contributed by atoms with Gasteiger partial charge in [0.25, 0.3) is 5.91 Å². The standard InChI is InChI=1S/C17H24N2O5/c1-3-12-4-7-17(8-5-12,16(22)23)19-14(20)11(2)18-15(21)13-6-9-24-10-13/h6,9-12H,3-5,7-8H2,1-2H3,(H,18,21)(H,19,20)(H,22,23).